The summed E-state index contributed by atoms with van der Waals surface area (Å²) in [6.45, 7) is 9.37. The van der Waals surface area contributed by atoms with Gasteiger partial charge in [0.15, 0.2) is 0 Å². The highest BCUT2D eigenvalue weighted by Gasteiger charge is 2.38. The van der Waals surface area contributed by atoms with Crippen LogP contribution < -0.4 is 15.1 Å². The van der Waals surface area contributed by atoms with Crippen molar-refractivity contribution < 1.29 is 19.0 Å². The number of rotatable bonds is 5. The van der Waals surface area contributed by atoms with Crippen molar-refractivity contribution in [3.63, 3.8) is 0 Å². The number of esters is 1. The van der Waals surface area contributed by atoms with Crippen LogP contribution in [0.1, 0.15) is 30.9 Å². The molecule has 1 N–H and O–H groups in total. The lowest BCUT2D eigenvalue weighted by molar-refractivity contribution is -0.138. The number of hydrogen-bond acceptors (Lipinski definition) is 9. The summed E-state index contributed by atoms with van der Waals surface area (Å²) in [5.74, 6) is 1.41. The van der Waals surface area contributed by atoms with Crippen molar-refractivity contribution in [2.24, 2.45) is 0 Å². The van der Waals surface area contributed by atoms with Crippen molar-refractivity contribution in [2.45, 2.75) is 19.8 Å². The van der Waals surface area contributed by atoms with E-state index in [4.69, 9.17) is 35.8 Å². The molecule has 1 aromatic carbocycles. The van der Waals surface area contributed by atoms with Gasteiger partial charge in [-0.2, -0.15) is 9.97 Å². The van der Waals surface area contributed by atoms with Gasteiger partial charge in [0.05, 0.1) is 44.5 Å². The molecule has 2 saturated heterocycles. The molecule has 0 amide bonds. The molecule has 0 aliphatic carbocycles. The number of nitrogens with one attached hydrogen (secondary N) is 1. The van der Waals surface area contributed by atoms with E-state index < -0.39 is 5.92 Å². The minimum Gasteiger partial charge on any atom is -0.463 e. The van der Waals surface area contributed by atoms with Crippen LogP contribution >= 0.6 is 11.6 Å². The van der Waals surface area contributed by atoms with Gasteiger partial charge in [0.2, 0.25) is 5.95 Å². The Bertz CT molecular complexity index is 1110. The topological polar surface area (TPSA) is 89.0 Å². The second-order valence-electron chi connectivity index (χ2n) is 8.68. The fourth-order valence-electron chi connectivity index (χ4n) is 4.80. The van der Waals surface area contributed by atoms with Crippen molar-refractivity contribution in [1.82, 2.24) is 9.97 Å². The van der Waals surface area contributed by atoms with Gasteiger partial charge < -0.3 is 29.3 Å². The van der Waals surface area contributed by atoms with Gasteiger partial charge in [-0.05, 0) is 31.5 Å². The fraction of sp³-hybridized carbons (Fsp3) is 0.480. The maximum Gasteiger partial charge on any atom is 0.336 e. The molecule has 1 aromatic heterocycles. The molecule has 186 valence electrons. The molecule has 4 heterocycles. The van der Waals surface area contributed by atoms with Gasteiger partial charge in [-0.25, -0.2) is 4.79 Å². The largest absolute Gasteiger partial charge is 0.463 e. The summed E-state index contributed by atoms with van der Waals surface area (Å²) in [6.07, 6.45) is 0. The summed E-state index contributed by atoms with van der Waals surface area (Å²) in [7, 11) is 0. The Morgan fingerprint density at radius 2 is 1.69 bits per heavy atom. The molecular weight excluding hydrogens is 470 g/mol. The Labute approximate surface area is 210 Å². The number of morpholine rings is 2. The highest BCUT2D eigenvalue weighted by molar-refractivity contribution is 6.30. The fourth-order valence-corrected chi connectivity index (χ4v) is 4.93. The summed E-state index contributed by atoms with van der Waals surface area (Å²) in [5, 5.41) is 4.04. The van der Waals surface area contributed by atoms with E-state index in [1.54, 1.807) is 0 Å². The molecule has 1 atom stereocenters. The number of halogens is 1. The van der Waals surface area contributed by atoms with E-state index >= 15 is 0 Å². The van der Waals surface area contributed by atoms with Crippen LogP contribution in [0.5, 0.6) is 0 Å². The van der Waals surface area contributed by atoms with Crippen LogP contribution in [0, 0.1) is 0 Å². The minimum atomic E-state index is -0.404. The minimum absolute atomic E-state index is 0.290. The third-order valence-corrected chi connectivity index (χ3v) is 6.76. The van der Waals surface area contributed by atoms with E-state index in [2.05, 4.69) is 15.1 Å². The number of nitrogens with zero attached hydrogens (tertiary/aromatic N) is 4. The maximum absolute atomic E-state index is 13.2. The first-order chi connectivity index (χ1) is 17.1. The monoisotopic (exact) mass is 499 g/mol. The highest BCUT2D eigenvalue weighted by atomic mass is 35.5. The first-order valence-corrected chi connectivity index (χ1v) is 12.4. The summed E-state index contributed by atoms with van der Waals surface area (Å²) < 4.78 is 16.6. The summed E-state index contributed by atoms with van der Waals surface area (Å²) in [5.41, 5.74) is 3.06. The molecule has 0 saturated carbocycles. The van der Waals surface area contributed by atoms with E-state index in [0.717, 1.165) is 35.7 Å². The number of carbonyl (C=O) groups is 1. The van der Waals surface area contributed by atoms with E-state index in [9.17, 15) is 4.79 Å². The number of hydrogen-bond donors (Lipinski definition) is 1. The van der Waals surface area contributed by atoms with Crippen LogP contribution in [0.15, 0.2) is 35.5 Å². The normalized spacial score (nSPS) is 20.4. The van der Waals surface area contributed by atoms with Crippen molar-refractivity contribution in [2.75, 3.05) is 74.3 Å². The van der Waals surface area contributed by atoms with Crippen LogP contribution in [0.25, 0.3) is 0 Å². The molecule has 3 aliphatic heterocycles. The molecular formula is C25H30ClN5O4. The number of benzene rings is 1. The predicted molar refractivity (Wildman–Crippen MR) is 134 cm³/mol. The molecule has 2 fully saturated rings. The maximum atomic E-state index is 13.2. The Hall–Kier alpha value is -2.88. The molecule has 0 spiro atoms. The third-order valence-electron chi connectivity index (χ3n) is 6.50. The number of aromatic nitrogens is 2. The Morgan fingerprint density at radius 3 is 2.31 bits per heavy atom. The molecule has 1 unspecified atom stereocenters. The molecule has 35 heavy (non-hydrogen) atoms. The Balaban J connectivity index is 1.70. The lowest BCUT2D eigenvalue weighted by atomic mass is 9.81. The molecule has 3 aliphatic rings. The first kappa shape index (κ1) is 23.8. The SMILES string of the molecule is CCOC(=O)C1=C(C)Nc2nc(N3CCOCC3)nc(N3CCOCC3)c2C1c1ccc(Cl)cc1. The smallest absolute Gasteiger partial charge is 0.336 e. The van der Waals surface area contributed by atoms with Crippen molar-refractivity contribution in [3.8, 4) is 0 Å². The van der Waals surface area contributed by atoms with Crippen molar-refractivity contribution in [3.05, 3.63) is 51.7 Å². The molecule has 0 radical (unpaired) electrons. The number of ether oxygens (including phenoxy) is 3. The molecule has 10 heteroatoms. The zero-order valence-electron chi connectivity index (χ0n) is 20.1. The average molecular weight is 500 g/mol. The van der Waals surface area contributed by atoms with Crippen LogP contribution in [0.4, 0.5) is 17.6 Å². The van der Waals surface area contributed by atoms with Gasteiger partial charge in [0.25, 0.3) is 0 Å². The van der Waals surface area contributed by atoms with E-state index in [0.29, 0.717) is 68.5 Å². The van der Waals surface area contributed by atoms with Gasteiger partial charge in [-0.3, -0.25) is 0 Å². The Morgan fingerprint density at radius 1 is 1.06 bits per heavy atom. The van der Waals surface area contributed by atoms with Crippen LogP contribution in [0.2, 0.25) is 5.02 Å². The van der Waals surface area contributed by atoms with Crippen LogP contribution in [-0.2, 0) is 19.0 Å². The Kier molecular flexibility index (Phi) is 7.08. The van der Waals surface area contributed by atoms with Crippen LogP contribution in [0.3, 0.4) is 0 Å². The van der Waals surface area contributed by atoms with E-state index in [1.165, 1.54) is 0 Å². The third kappa shape index (κ3) is 4.80. The second-order valence-corrected chi connectivity index (χ2v) is 9.11. The van der Waals surface area contributed by atoms with Gasteiger partial charge in [-0.15, -0.1) is 0 Å². The summed E-state index contributed by atoms with van der Waals surface area (Å²) >= 11 is 6.21. The van der Waals surface area contributed by atoms with Gasteiger partial charge in [0, 0.05) is 42.5 Å². The van der Waals surface area contributed by atoms with E-state index in [1.807, 2.05) is 38.1 Å². The van der Waals surface area contributed by atoms with Crippen molar-refractivity contribution >= 4 is 35.2 Å². The van der Waals surface area contributed by atoms with Gasteiger partial charge in [0.1, 0.15) is 11.6 Å². The quantitative estimate of drug-likeness (QED) is 0.623. The standard InChI is InChI=1S/C25H30ClN5O4/c1-3-35-24(32)19-16(2)27-22-21(20(19)17-4-6-18(26)7-5-17)23(30-8-12-33-13-9-30)29-25(28-22)31-10-14-34-15-11-31/h4-7,20H,3,8-15H2,1-2H3,(H,27,28,29). The number of anilines is 3. The van der Waals surface area contributed by atoms with Crippen LogP contribution in [-0.4, -0.2) is 75.2 Å². The lowest BCUT2D eigenvalue weighted by Crippen LogP contribution is -2.41. The van der Waals surface area contributed by atoms with Gasteiger partial charge >= 0.3 is 5.97 Å². The average Bonchev–Trinajstić information content (AvgIpc) is 2.89. The number of carbonyl (C=O) groups excluding carboxylic acids is 1. The molecule has 9 nitrogen and oxygen atoms in total. The van der Waals surface area contributed by atoms with Crippen molar-refractivity contribution in [1.29, 1.82) is 0 Å². The first-order valence-electron chi connectivity index (χ1n) is 12.0. The molecule has 2 aromatic rings. The number of fused-ring (bicyclic) bond motifs is 1. The summed E-state index contributed by atoms with van der Waals surface area (Å²) in [6, 6.07) is 7.59. The summed E-state index contributed by atoms with van der Waals surface area (Å²) in [4.78, 5) is 27.6. The molecule has 0 bridgehead atoms. The zero-order valence-corrected chi connectivity index (χ0v) is 20.8. The zero-order chi connectivity index (χ0) is 24.4. The van der Waals surface area contributed by atoms with Gasteiger partial charge in [-0.1, -0.05) is 23.7 Å². The van der Waals surface area contributed by atoms with E-state index in [-0.39, 0.29) is 5.97 Å². The second kappa shape index (κ2) is 10.4. The lowest BCUT2D eigenvalue weighted by Gasteiger charge is -2.37. The predicted octanol–water partition coefficient (Wildman–Crippen LogP) is 3.20. The number of allylic oxidation sites excluding steroid dienone is 1. The highest BCUT2D eigenvalue weighted by Crippen LogP contribution is 2.46. The molecule has 5 rings (SSSR count).